The van der Waals surface area contributed by atoms with Crippen LogP contribution in [-0.2, 0) is 14.3 Å². The summed E-state index contributed by atoms with van der Waals surface area (Å²) in [6.07, 6.45) is 15.8. The largest absolute Gasteiger partial charge is 0.479 e. The van der Waals surface area contributed by atoms with E-state index in [1.54, 1.807) is 0 Å². The van der Waals surface area contributed by atoms with Crippen LogP contribution in [0.25, 0.3) is 0 Å². The lowest BCUT2D eigenvalue weighted by Gasteiger charge is -2.11. The third kappa shape index (κ3) is 15.6. The van der Waals surface area contributed by atoms with Crippen molar-refractivity contribution in [2.24, 2.45) is 0 Å². The van der Waals surface area contributed by atoms with Crippen LogP contribution in [0.1, 0.15) is 104 Å². The zero-order chi connectivity index (χ0) is 17.3. The summed E-state index contributed by atoms with van der Waals surface area (Å²) in [6.45, 7) is 3.50. The van der Waals surface area contributed by atoms with Crippen LogP contribution in [0.2, 0.25) is 0 Å². The van der Waals surface area contributed by atoms with Gasteiger partial charge in [-0.05, 0) is 12.8 Å². The van der Waals surface area contributed by atoms with Crippen molar-refractivity contribution in [1.82, 2.24) is 0 Å². The minimum Gasteiger partial charge on any atom is -0.479 e. The molecule has 4 heteroatoms. The van der Waals surface area contributed by atoms with Gasteiger partial charge in [-0.1, -0.05) is 84.0 Å². The Bertz CT molecular complexity index is 302. The fraction of sp³-hybridized carbons (Fsp3) is 0.895. The number of carbonyl (C=O) groups excluding carboxylic acids is 1. The second-order valence-electron chi connectivity index (χ2n) is 6.47. The minimum absolute atomic E-state index is 0.423. The molecule has 1 N–H and O–H groups in total. The molecule has 0 spiro atoms. The first kappa shape index (κ1) is 21.9. The molecule has 0 saturated carbocycles. The molecule has 1 unspecified atom stereocenters. The first-order valence-electron chi connectivity index (χ1n) is 9.48. The van der Waals surface area contributed by atoms with Crippen molar-refractivity contribution in [3.05, 3.63) is 0 Å². The molecule has 0 saturated heterocycles. The summed E-state index contributed by atoms with van der Waals surface area (Å²) < 4.78 is 4.78. The summed E-state index contributed by atoms with van der Waals surface area (Å²) in [4.78, 5) is 21.7. The number of hydrogen-bond donors (Lipinski definition) is 1. The number of ether oxygens (including phenoxy) is 1. The Morgan fingerprint density at radius 1 is 0.783 bits per heavy atom. The summed E-state index contributed by atoms with van der Waals surface area (Å²) >= 11 is 0. The molecule has 0 aromatic heterocycles. The standard InChI is InChI=1S/C19H36O4/c1-3-4-5-6-7-8-9-10-11-12-13-14-15-16-18(19(21)22)23-17(2)20/h18H,3-16H2,1-2H3,(H,21,22). The highest BCUT2D eigenvalue weighted by Crippen LogP contribution is 2.14. The molecular formula is C19H36O4. The van der Waals surface area contributed by atoms with E-state index < -0.39 is 18.0 Å². The Kier molecular flexibility index (Phi) is 15.1. The van der Waals surface area contributed by atoms with Crippen molar-refractivity contribution < 1.29 is 19.4 Å². The SMILES string of the molecule is CCCCCCCCCCCCCCCC(OC(C)=O)C(=O)O. The number of unbranched alkanes of at least 4 members (excludes halogenated alkanes) is 12. The van der Waals surface area contributed by atoms with Gasteiger partial charge >= 0.3 is 11.9 Å². The van der Waals surface area contributed by atoms with E-state index in [-0.39, 0.29) is 0 Å². The number of esters is 1. The van der Waals surface area contributed by atoms with Gasteiger partial charge in [-0.3, -0.25) is 4.79 Å². The lowest BCUT2D eigenvalue weighted by molar-refractivity contribution is -0.163. The van der Waals surface area contributed by atoms with Crippen molar-refractivity contribution in [3.8, 4) is 0 Å². The van der Waals surface area contributed by atoms with E-state index in [1.807, 2.05) is 0 Å². The molecule has 0 heterocycles. The van der Waals surface area contributed by atoms with Crippen LogP contribution in [0, 0.1) is 0 Å². The van der Waals surface area contributed by atoms with E-state index in [0.717, 1.165) is 19.3 Å². The summed E-state index contributed by atoms with van der Waals surface area (Å²) in [6, 6.07) is 0. The molecule has 0 aliphatic heterocycles. The fourth-order valence-electron chi connectivity index (χ4n) is 2.78. The van der Waals surface area contributed by atoms with Gasteiger partial charge in [-0.15, -0.1) is 0 Å². The number of rotatable bonds is 16. The maximum atomic E-state index is 10.9. The number of aliphatic carboxylic acids is 1. The topological polar surface area (TPSA) is 63.6 Å². The van der Waals surface area contributed by atoms with Crippen LogP contribution in [0.4, 0.5) is 0 Å². The molecule has 4 nitrogen and oxygen atoms in total. The molecule has 0 aromatic carbocycles. The second kappa shape index (κ2) is 15.8. The molecule has 1 atom stereocenters. The zero-order valence-corrected chi connectivity index (χ0v) is 15.1. The molecule has 0 bridgehead atoms. The highest BCUT2D eigenvalue weighted by molar-refractivity contribution is 5.76. The highest BCUT2D eigenvalue weighted by Gasteiger charge is 2.19. The molecule has 0 aromatic rings. The van der Waals surface area contributed by atoms with E-state index in [9.17, 15) is 9.59 Å². The monoisotopic (exact) mass is 328 g/mol. The molecule has 0 aliphatic rings. The van der Waals surface area contributed by atoms with Gasteiger partial charge in [-0.2, -0.15) is 0 Å². The van der Waals surface area contributed by atoms with Crippen LogP contribution in [-0.4, -0.2) is 23.1 Å². The fourth-order valence-corrected chi connectivity index (χ4v) is 2.78. The number of carboxylic acids is 1. The van der Waals surface area contributed by atoms with Crippen LogP contribution in [0.3, 0.4) is 0 Å². The molecule has 23 heavy (non-hydrogen) atoms. The van der Waals surface area contributed by atoms with Crippen LogP contribution < -0.4 is 0 Å². The molecular weight excluding hydrogens is 292 g/mol. The third-order valence-corrected chi connectivity index (χ3v) is 4.15. The van der Waals surface area contributed by atoms with Gasteiger partial charge in [0.25, 0.3) is 0 Å². The van der Waals surface area contributed by atoms with Crippen molar-refractivity contribution in [2.75, 3.05) is 0 Å². The predicted octanol–water partition coefficient (Wildman–Crippen LogP) is 5.48. The van der Waals surface area contributed by atoms with E-state index in [4.69, 9.17) is 9.84 Å². The molecule has 0 rings (SSSR count). The Morgan fingerprint density at radius 3 is 1.52 bits per heavy atom. The first-order chi connectivity index (χ1) is 11.1. The Labute approximate surface area is 142 Å². The number of carbonyl (C=O) groups is 2. The van der Waals surface area contributed by atoms with Crippen molar-refractivity contribution in [1.29, 1.82) is 0 Å². The maximum absolute atomic E-state index is 10.9. The number of hydrogen-bond acceptors (Lipinski definition) is 3. The van der Waals surface area contributed by atoms with Gasteiger partial charge < -0.3 is 9.84 Å². The maximum Gasteiger partial charge on any atom is 0.345 e. The smallest absolute Gasteiger partial charge is 0.345 e. The van der Waals surface area contributed by atoms with Gasteiger partial charge in [0.1, 0.15) is 0 Å². The van der Waals surface area contributed by atoms with Crippen LogP contribution in [0.5, 0.6) is 0 Å². The summed E-state index contributed by atoms with van der Waals surface area (Å²) in [5.74, 6) is -1.56. The van der Waals surface area contributed by atoms with Crippen LogP contribution in [0.15, 0.2) is 0 Å². The average Bonchev–Trinajstić information content (AvgIpc) is 2.50. The second-order valence-corrected chi connectivity index (χ2v) is 6.47. The van der Waals surface area contributed by atoms with Gasteiger partial charge in [0, 0.05) is 6.92 Å². The summed E-state index contributed by atoms with van der Waals surface area (Å²) in [7, 11) is 0. The lowest BCUT2D eigenvalue weighted by Crippen LogP contribution is -2.25. The van der Waals surface area contributed by atoms with E-state index in [1.165, 1.54) is 71.1 Å². The Morgan fingerprint density at radius 2 is 1.17 bits per heavy atom. The Balaban J connectivity index is 3.32. The lowest BCUT2D eigenvalue weighted by atomic mass is 10.0. The first-order valence-corrected chi connectivity index (χ1v) is 9.48. The Hall–Kier alpha value is -1.06. The molecule has 136 valence electrons. The van der Waals surface area contributed by atoms with E-state index in [2.05, 4.69) is 6.92 Å². The van der Waals surface area contributed by atoms with Gasteiger partial charge in [0.2, 0.25) is 0 Å². The van der Waals surface area contributed by atoms with Crippen molar-refractivity contribution >= 4 is 11.9 Å². The quantitative estimate of drug-likeness (QED) is 0.301. The normalized spacial score (nSPS) is 12.1. The van der Waals surface area contributed by atoms with Crippen LogP contribution >= 0.6 is 0 Å². The van der Waals surface area contributed by atoms with Crippen molar-refractivity contribution in [2.45, 2.75) is 110 Å². The van der Waals surface area contributed by atoms with E-state index in [0.29, 0.717) is 6.42 Å². The highest BCUT2D eigenvalue weighted by atomic mass is 16.6. The number of carboxylic acid groups (broad SMARTS) is 1. The van der Waals surface area contributed by atoms with E-state index >= 15 is 0 Å². The van der Waals surface area contributed by atoms with Crippen molar-refractivity contribution in [3.63, 3.8) is 0 Å². The summed E-state index contributed by atoms with van der Waals surface area (Å²) in [5.41, 5.74) is 0. The zero-order valence-electron chi connectivity index (χ0n) is 15.1. The molecule has 0 amide bonds. The molecule has 0 aliphatic carbocycles. The summed E-state index contributed by atoms with van der Waals surface area (Å²) in [5, 5.41) is 8.94. The van der Waals surface area contributed by atoms with Gasteiger partial charge in [0.05, 0.1) is 0 Å². The minimum atomic E-state index is -1.04. The molecule has 0 fully saturated rings. The third-order valence-electron chi connectivity index (χ3n) is 4.15. The molecule has 0 radical (unpaired) electrons. The van der Waals surface area contributed by atoms with Gasteiger partial charge in [-0.25, -0.2) is 4.79 Å². The predicted molar refractivity (Wildman–Crippen MR) is 93.5 cm³/mol. The van der Waals surface area contributed by atoms with Gasteiger partial charge in [0.15, 0.2) is 6.10 Å². The average molecular weight is 328 g/mol.